The zero-order valence-corrected chi connectivity index (χ0v) is 23.0. The summed E-state index contributed by atoms with van der Waals surface area (Å²) in [6, 6.07) is 13.0. The fraction of sp³-hybridized carbons (Fsp3) is 0.148. The van der Waals surface area contributed by atoms with Crippen molar-refractivity contribution in [2.45, 2.75) is 20.5 Å². The number of non-ortho nitro benzene ring substituents is 1. The Kier molecular flexibility index (Phi) is 8.32. The quantitative estimate of drug-likeness (QED) is 0.143. The van der Waals surface area contributed by atoms with Crippen LogP contribution in [-0.2, 0) is 16.2 Å². The maximum Gasteiger partial charge on any atom is 0.335 e. The molecule has 0 atom stereocenters. The lowest BCUT2D eigenvalue weighted by molar-refractivity contribution is -0.384. The number of ether oxygens (including phenoxy) is 2. The molecule has 0 saturated carbocycles. The van der Waals surface area contributed by atoms with Crippen LogP contribution in [0.3, 0.4) is 0 Å². The standard InChI is InChI=1S/C27H21BrClN3O7/c1-3-38-23-11-17(21(28)13-24(23)39-14-16-5-8-18(9-6-16)32(36)37)10-20-25(33)30-27(35)31(26(20)34)19-7-4-15(2)22(29)12-19/h4-13H,3,14H2,1-2H3,(H,30,33,35)/b20-10-. The van der Waals surface area contributed by atoms with Crippen molar-refractivity contribution < 1.29 is 28.8 Å². The summed E-state index contributed by atoms with van der Waals surface area (Å²) >= 11 is 9.62. The molecule has 4 amide bonds. The van der Waals surface area contributed by atoms with E-state index in [2.05, 4.69) is 21.2 Å². The second-order valence-corrected chi connectivity index (χ2v) is 9.62. The molecule has 0 bridgehead atoms. The number of benzene rings is 3. The summed E-state index contributed by atoms with van der Waals surface area (Å²) in [6.07, 6.45) is 1.35. The molecule has 0 unspecified atom stereocenters. The molecule has 39 heavy (non-hydrogen) atoms. The number of imide groups is 2. The number of rotatable bonds is 8. The van der Waals surface area contributed by atoms with Crippen molar-refractivity contribution in [3.63, 3.8) is 0 Å². The minimum atomic E-state index is -0.883. The van der Waals surface area contributed by atoms with E-state index in [1.165, 1.54) is 24.3 Å². The van der Waals surface area contributed by atoms with Gasteiger partial charge in [-0.1, -0.05) is 33.6 Å². The first-order valence-corrected chi connectivity index (χ1v) is 12.8. The Labute approximate surface area is 236 Å². The number of nitrogens with zero attached hydrogens (tertiary/aromatic N) is 2. The van der Waals surface area contributed by atoms with Gasteiger partial charge in [-0.15, -0.1) is 0 Å². The number of amides is 4. The van der Waals surface area contributed by atoms with E-state index in [0.29, 0.717) is 38.7 Å². The van der Waals surface area contributed by atoms with Crippen LogP contribution in [-0.4, -0.2) is 29.4 Å². The zero-order valence-electron chi connectivity index (χ0n) is 20.7. The van der Waals surface area contributed by atoms with Gasteiger partial charge >= 0.3 is 6.03 Å². The number of halogens is 2. The van der Waals surface area contributed by atoms with E-state index < -0.39 is 22.8 Å². The van der Waals surface area contributed by atoms with E-state index in [4.69, 9.17) is 21.1 Å². The van der Waals surface area contributed by atoms with Gasteiger partial charge in [0, 0.05) is 21.6 Å². The first-order chi connectivity index (χ1) is 18.6. The monoisotopic (exact) mass is 613 g/mol. The van der Waals surface area contributed by atoms with Gasteiger partial charge in [-0.25, -0.2) is 9.69 Å². The number of nitro groups is 1. The van der Waals surface area contributed by atoms with Crippen LogP contribution >= 0.6 is 27.5 Å². The first kappa shape index (κ1) is 27.8. The molecule has 0 spiro atoms. The molecule has 1 heterocycles. The maximum atomic E-state index is 13.3. The fourth-order valence-electron chi connectivity index (χ4n) is 3.69. The molecule has 0 aliphatic carbocycles. The number of nitro benzene ring substituents is 1. The van der Waals surface area contributed by atoms with Crippen molar-refractivity contribution in [2.75, 3.05) is 11.5 Å². The van der Waals surface area contributed by atoms with Crippen LogP contribution in [0.15, 0.2) is 64.6 Å². The second-order valence-electron chi connectivity index (χ2n) is 8.36. The summed E-state index contributed by atoms with van der Waals surface area (Å²) in [6.45, 7) is 3.99. The highest BCUT2D eigenvalue weighted by atomic mass is 79.9. The molecule has 3 aromatic rings. The Morgan fingerprint density at radius 3 is 2.38 bits per heavy atom. The highest BCUT2D eigenvalue weighted by molar-refractivity contribution is 9.10. The lowest BCUT2D eigenvalue weighted by Gasteiger charge is -2.26. The van der Waals surface area contributed by atoms with Crippen LogP contribution < -0.4 is 19.7 Å². The number of hydrogen-bond donors (Lipinski definition) is 1. The number of carbonyl (C=O) groups is 3. The van der Waals surface area contributed by atoms with E-state index in [0.717, 1.165) is 10.5 Å². The molecule has 1 saturated heterocycles. The van der Waals surface area contributed by atoms with Gasteiger partial charge in [-0.05, 0) is 73.0 Å². The lowest BCUT2D eigenvalue weighted by Crippen LogP contribution is -2.54. The normalized spacial score (nSPS) is 14.4. The van der Waals surface area contributed by atoms with Crippen LogP contribution in [0.4, 0.5) is 16.2 Å². The van der Waals surface area contributed by atoms with Crippen molar-refractivity contribution >= 4 is 62.8 Å². The van der Waals surface area contributed by atoms with Crippen molar-refractivity contribution in [2.24, 2.45) is 0 Å². The highest BCUT2D eigenvalue weighted by Gasteiger charge is 2.37. The number of barbiturate groups is 1. The third-order valence-corrected chi connectivity index (χ3v) is 6.81. The third kappa shape index (κ3) is 6.10. The molecule has 1 aliphatic heterocycles. The SMILES string of the molecule is CCOc1cc(/C=C2/C(=O)NC(=O)N(c3ccc(C)c(Cl)c3)C2=O)c(Br)cc1OCc1ccc([N+](=O)[O-])cc1. The van der Waals surface area contributed by atoms with Gasteiger partial charge in [-0.3, -0.25) is 25.0 Å². The van der Waals surface area contributed by atoms with Crippen LogP contribution in [0.25, 0.3) is 6.08 Å². The number of anilines is 1. The Morgan fingerprint density at radius 2 is 1.74 bits per heavy atom. The predicted octanol–water partition coefficient (Wildman–Crippen LogP) is 5.96. The Balaban J connectivity index is 1.64. The Hall–Kier alpha value is -4.22. The Morgan fingerprint density at radius 1 is 1.05 bits per heavy atom. The van der Waals surface area contributed by atoms with Crippen molar-refractivity contribution in [3.05, 3.63) is 96.5 Å². The van der Waals surface area contributed by atoms with Gasteiger partial charge in [0.25, 0.3) is 17.5 Å². The average Bonchev–Trinajstić information content (AvgIpc) is 2.89. The molecule has 1 aliphatic rings. The molecule has 12 heteroatoms. The summed E-state index contributed by atoms with van der Waals surface area (Å²) < 4.78 is 12.1. The molecule has 0 radical (unpaired) electrons. The molecule has 0 aromatic heterocycles. The summed E-state index contributed by atoms with van der Waals surface area (Å²) in [7, 11) is 0. The number of nitrogens with one attached hydrogen (secondary N) is 1. The average molecular weight is 615 g/mol. The first-order valence-electron chi connectivity index (χ1n) is 11.6. The van der Waals surface area contributed by atoms with Crippen LogP contribution in [0.1, 0.15) is 23.6 Å². The highest BCUT2D eigenvalue weighted by Crippen LogP contribution is 2.36. The lowest BCUT2D eigenvalue weighted by atomic mass is 10.1. The Bertz CT molecular complexity index is 1520. The minimum absolute atomic E-state index is 0.0269. The van der Waals surface area contributed by atoms with Gasteiger partial charge in [0.05, 0.1) is 17.2 Å². The van der Waals surface area contributed by atoms with Crippen LogP contribution in [0.5, 0.6) is 11.5 Å². The summed E-state index contributed by atoms with van der Waals surface area (Å²) in [5.74, 6) is -0.944. The van der Waals surface area contributed by atoms with Gasteiger partial charge in [-0.2, -0.15) is 0 Å². The molecule has 4 rings (SSSR count). The van der Waals surface area contributed by atoms with Crippen molar-refractivity contribution in [3.8, 4) is 11.5 Å². The molecular formula is C27H21BrClN3O7. The molecule has 1 fully saturated rings. The van der Waals surface area contributed by atoms with Crippen molar-refractivity contribution in [1.82, 2.24) is 5.32 Å². The third-order valence-electron chi connectivity index (χ3n) is 5.72. The molecule has 10 nitrogen and oxygen atoms in total. The molecule has 200 valence electrons. The summed E-state index contributed by atoms with van der Waals surface area (Å²) in [5, 5.41) is 13.4. The van der Waals surface area contributed by atoms with E-state index in [9.17, 15) is 24.5 Å². The molecule has 1 N–H and O–H groups in total. The number of urea groups is 1. The van der Waals surface area contributed by atoms with Crippen LogP contribution in [0.2, 0.25) is 5.02 Å². The summed E-state index contributed by atoms with van der Waals surface area (Å²) in [5.41, 5.74) is 1.82. The summed E-state index contributed by atoms with van der Waals surface area (Å²) in [4.78, 5) is 49.7. The van der Waals surface area contributed by atoms with E-state index in [1.54, 1.807) is 50.2 Å². The van der Waals surface area contributed by atoms with Gasteiger partial charge in [0.1, 0.15) is 12.2 Å². The number of aryl methyl sites for hydroxylation is 1. The van der Waals surface area contributed by atoms with E-state index >= 15 is 0 Å². The second kappa shape index (κ2) is 11.7. The van der Waals surface area contributed by atoms with Gasteiger partial charge < -0.3 is 9.47 Å². The number of carbonyl (C=O) groups excluding carboxylic acids is 3. The van der Waals surface area contributed by atoms with E-state index in [1.807, 2.05) is 0 Å². The predicted molar refractivity (Wildman–Crippen MR) is 148 cm³/mol. The maximum absolute atomic E-state index is 13.3. The smallest absolute Gasteiger partial charge is 0.335 e. The largest absolute Gasteiger partial charge is 0.490 e. The van der Waals surface area contributed by atoms with Crippen LogP contribution in [0, 0.1) is 17.0 Å². The van der Waals surface area contributed by atoms with Crippen molar-refractivity contribution in [1.29, 1.82) is 0 Å². The topological polar surface area (TPSA) is 128 Å². The molecule has 3 aromatic carbocycles. The van der Waals surface area contributed by atoms with Gasteiger partial charge in [0.15, 0.2) is 11.5 Å². The fourth-order valence-corrected chi connectivity index (χ4v) is 4.30. The van der Waals surface area contributed by atoms with E-state index in [-0.39, 0.29) is 23.6 Å². The zero-order chi connectivity index (χ0) is 28.3. The van der Waals surface area contributed by atoms with Gasteiger partial charge in [0.2, 0.25) is 0 Å². The molecular weight excluding hydrogens is 594 g/mol. The minimum Gasteiger partial charge on any atom is -0.490 e. The number of hydrogen-bond acceptors (Lipinski definition) is 7.